The van der Waals surface area contributed by atoms with E-state index in [1.807, 2.05) is 6.07 Å². The highest BCUT2D eigenvalue weighted by Gasteiger charge is 2.43. The number of thiophene rings is 1. The van der Waals surface area contributed by atoms with Gasteiger partial charge in [0.05, 0.1) is 19.0 Å². The molecule has 3 N–H and O–H groups in total. The molecule has 0 unspecified atom stereocenters. The fraction of sp³-hybridized carbons (Fsp3) is 0.545. The minimum Gasteiger partial charge on any atom is -0.388 e. The van der Waals surface area contributed by atoms with E-state index in [1.54, 1.807) is 11.3 Å². The summed E-state index contributed by atoms with van der Waals surface area (Å²) in [6.45, 7) is 1.43. The molecule has 2 rings (SSSR count). The van der Waals surface area contributed by atoms with Gasteiger partial charge in [-0.05, 0) is 24.3 Å². The third-order valence-corrected chi connectivity index (χ3v) is 3.61. The van der Waals surface area contributed by atoms with Gasteiger partial charge in [0.2, 0.25) is 0 Å². The summed E-state index contributed by atoms with van der Waals surface area (Å²) >= 11 is 1.72. The van der Waals surface area contributed by atoms with Crippen molar-refractivity contribution in [3.05, 3.63) is 22.4 Å². The predicted octanol–water partition coefficient (Wildman–Crippen LogP) is 2.37. The smallest absolute Gasteiger partial charge is 0.0911 e. The maximum Gasteiger partial charge on any atom is 0.0911 e. The lowest BCUT2D eigenvalue weighted by molar-refractivity contribution is 0.0819. The lowest BCUT2D eigenvalue weighted by Gasteiger charge is -2.13. The minimum absolute atomic E-state index is 0.198. The third-order valence-electron chi connectivity index (χ3n) is 2.76. The number of rotatable bonds is 6. The second-order valence-electron chi connectivity index (χ2n) is 4.27. The van der Waals surface area contributed by atoms with Crippen LogP contribution in [0.1, 0.15) is 24.1 Å². The largest absolute Gasteiger partial charge is 0.388 e. The SMILES string of the molecule is N=C(N)CC1(COCc2cccs2)CC1. The Morgan fingerprint density at radius 3 is 2.93 bits per heavy atom. The highest BCUT2D eigenvalue weighted by molar-refractivity contribution is 7.09. The zero-order valence-electron chi connectivity index (χ0n) is 8.66. The van der Waals surface area contributed by atoms with Crippen LogP contribution in [0.5, 0.6) is 0 Å². The van der Waals surface area contributed by atoms with Gasteiger partial charge in [-0.3, -0.25) is 5.41 Å². The van der Waals surface area contributed by atoms with Gasteiger partial charge in [0.1, 0.15) is 0 Å². The molecule has 0 atom stereocenters. The van der Waals surface area contributed by atoms with E-state index in [0.717, 1.165) is 19.4 Å². The van der Waals surface area contributed by atoms with E-state index >= 15 is 0 Å². The van der Waals surface area contributed by atoms with Gasteiger partial charge in [-0.25, -0.2) is 0 Å². The van der Waals surface area contributed by atoms with E-state index in [-0.39, 0.29) is 11.3 Å². The molecular formula is C11H16N2OS. The van der Waals surface area contributed by atoms with E-state index in [9.17, 15) is 0 Å². The molecule has 0 aromatic carbocycles. The molecule has 0 saturated heterocycles. The van der Waals surface area contributed by atoms with Crippen molar-refractivity contribution in [1.82, 2.24) is 0 Å². The van der Waals surface area contributed by atoms with Crippen LogP contribution in [0.25, 0.3) is 0 Å². The quantitative estimate of drug-likeness (QED) is 0.575. The molecule has 82 valence electrons. The summed E-state index contributed by atoms with van der Waals surface area (Å²) in [6, 6.07) is 4.11. The Balaban J connectivity index is 1.72. The van der Waals surface area contributed by atoms with Gasteiger partial charge in [0, 0.05) is 16.7 Å². The average molecular weight is 224 g/mol. The Labute approximate surface area is 93.8 Å². The topological polar surface area (TPSA) is 59.1 Å². The molecule has 1 aromatic heterocycles. The van der Waals surface area contributed by atoms with Crippen molar-refractivity contribution >= 4 is 17.2 Å². The number of hydrogen-bond donors (Lipinski definition) is 2. The Morgan fingerprint density at radius 2 is 2.40 bits per heavy atom. The first kappa shape index (κ1) is 10.6. The van der Waals surface area contributed by atoms with Gasteiger partial charge in [0.15, 0.2) is 0 Å². The molecule has 1 aliphatic rings. The van der Waals surface area contributed by atoms with Crippen LogP contribution in [-0.4, -0.2) is 12.4 Å². The van der Waals surface area contributed by atoms with Crippen molar-refractivity contribution in [2.45, 2.75) is 25.9 Å². The normalized spacial score (nSPS) is 17.6. The van der Waals surface area contributed by atoms with Crippen LogP contribution in [0.15, 0.2) is 17.5 Å². The van der Waals surface area contributed by atoms with Crippen LogP contribution >= 0.6 is 11.3 Å². The third kappa shape index (κ3) is 3.04. The van der Waals surface area contributed by atoms with Gasteiger partial charge in [-0.2, -0.15) is 0 Å². The first-order chi connectivity index (χ1) is 7.20. The number of nitrogens with two attached hydrogens (primary N) is 1. The summed E-state index contributed by atoms with van der Waals surface area (Å²) in [5.74, 6) is 0.284. The second kappa shape index (κ2) is 4.33. The number of hydrogen-bond acceptors (Lipinski definition) is 3. The van der Waals surface area contributed by atoms with Crippen molar-refractivity contribution < 1.29 is 4.74 Å². The summed E-state index contributed by atoms with van der Waals surface area (Å²) in [7, 11) is 0. The van der Waals surface area contributed by atoms with Gasteiger partial charge in [-0.15, -0.1) is 11.3 Å². The van der Waals surface area contributed by atoms with E-state index in [0.29, 0.717) is 13.0 Å². The zero-order chi connectivity index (χ0) is 10.7. The molecule has 1 fully saturated rings. The monoisotopic (exact) mass is 224 g/mol. The Bertz CT molecular complexity index is 330. The lowest BCUT2D eigenvalue weighted by atomic mass is 10.0. The molecular weight excluding hydrogens is 208 g/mol. The minimum atomic E-state index is 0.198. The van der Waals surface area contributed by atoms with Crippen molar-refractivity contribution in [3.63, 3.8) is 0 Å². The van der Waals surface area contributed by atoms with Gasteiger partial charge < -0.3 is 10.5 Å². The zero-order valence-corrected chi connectivity index (χ0v) is 9.48. The summed E-state index contributed by atoms with van der Waals surface area (Å²) in [5.41, 5.74) is 5.61. The standard InChI is InChI=1S/C11H16N2OS/c12-10(13)6-11(3-4-11)8-14-7-9-2-1-5-15-9/h1-2,5H,3-4,6-8H2,(H3,12,13). The number of nitrogens with one attached hydrogen (secondary N) is 1. The molecule has 0 radical (unpaired) electrons. The van der Waals surface area contributed by atoms with E-state index < -0.39 is 0 Å². The maximum absolute atomic E-state index is 7.29. The highest BCUT2D eigenvalue weighted by atomic mass is 32.1. The molecule has 1 aliphatic carbocycles. The summed E-state index contributed by atoms with van der Waals surface area (Å²) in [6.07, 6.45) is 2.99. The van der Waals surface area contributed by atoms with Crippen LogP contribution in [0.2, 0.25) is 0 Å². The predicted molar refractivity (Wildman–Crippen MR) is 62.2 cm³/mol. The average Bonchev–Trinajstić information content (AvgIpc) is 2.74. The summed E-state index contributed by atoms with van der Waals surface area (Å²) < 4.78 is 5.66. The van der Waals surface area contributed by atoms with Gasteiger partial charge >= 0.3 is 0 Å². The van der Waals surface area contributed by atoms with Crippen LogP contribution in [0.4, 0.5) is 0 Å². The van der Waals surface area contributed by atoms with Crippen molar-refractivity contribution in [2.75, 3.05) is 6.61 Å². The van der Waals surface area contributed by atoms with Crippen LogP contribution in [-0.2, 0) is 11.3 Å². The second-order valence-corrected chi connectivity index (χ2v) is 5.31. The van der Waals surface area contributed by atoms with E-state index in [4.69, 9.17) is 15.9 Å². The number of ether oxygens (including phenoxy) is 1. The van der Waals surface area contributed by atoms with Crippen LogP contribution in [0, 0.1) is 10.8 Å². The van der Waals surface area contributed by atoms with Crippen molar-refractivity contribution in [3.8, 4) is 0 Å². The molecule has 0 spiro atoms. The molecule has 0 amide bonds. The summed E-state index contributed by atoms with van der Waals surface area (Å²) in [4.78, 5) is 1.26. The molecule has 1 aromatic rings. The molecule has 1 saturated carbocycles. The Hall–Kier alpha value is -0.870. The van der Waals surface area contributed by atoms with Crippen LogP contribution < -0.4 is 5.73 Å². The summed E-state index contributed by atoms with van der Waals surface area (Å²) in [5, 5.41) is 9.35. The van der Waals surface area contributed by atoms with Crippen molar-refractivity contribution in [2.24, 2.45) is 11.1 Å². The fourth-order valence-corrected chi connectivity index (χ4v) is 2.36. The lowest BCUT2D eigenvalue weighted by Crippen LogP contribution is -2.20. The first-order valence-electron chi connectivity index (χ1n) is 5.13. The molecule has 0 aliphatic heterocycles. The Kier molecular flexibility index (Phi) is 3.07. The highest BCUT2D eigenvalue weighted by Crippen LogP contribution is 2.48. The van der Waals surface area contributed by atoms with Crippen LogP contribution in [0.3, 0.4) is 0 Å². The molecule has 4 heteroatoms. The van der Waals surface area contributed by atoms with Gasteiger partial charge in [0.25, 0.3) is 0 Å². The molecule has 1 heterocycles. The van der Waals surface area contributed by atoms with Gasteiger partial charge in [-0.1, -0.05) is 6.07 Å². The first-order valence-corrected chi connectivity index (χ1v) is 6.01. The van der Waals surface area contributed by atoms with Crippen molar-refractivity contribution in [1.29, 1.82) is 5.41 Å². The Morgan fingerprint density at radius 1 is 1.60 bits per heavy atom. The maximum atomic E-state index is 7.29. The van der Waals surface area contributed by atoms with E-state index in [2.05, 4.69) is 11.4 Å². The molecule has 3 nitrogen and oxygen atoms in total. The van der Waals surface area contributed by atoms with E-state index in [1.165, 1.54) is 4.88 Å². The number of amidine groups is 1. The molecule has 0 bridgehead atoms. The fourth-order valence-electron chi connectivity index (χ4n) is 1.72. The molecule has 15 heavy (non-hydrogen) atoms.